The third kappa shape index (κ3) is 4.11. The molecule has 1 N–H and O–H groups in total. The average Bonchev–Trinajstić information content (AvgIpc) is 3.26. The molecule has 11 heteroatoms. The fourth-order valence-corrected chi connectivity index (χ4v) is 3.86. The number of anilines is 2. The molecule has 1 aliphatic heterocycles. The second-order valence-electron chi connectivity index (χ2n) is 7.49. The summed E-state index contributed by atoms with van der Waals surface area (Å²) in [6.07, 6.45) is 7.40. The fourth-order valence-electron chi connectivity index (χ4n) is 3.86. The zero-order valence-electron chi connectivity index (χ0n) is 16.4. The van der Waals surface area contributed by atoms with Crippen LogP contribution in [0.5, 0.6) is 6.01 Å². The maximum Gasteiger partial charge on any atom is 0.321 e. The first-order valence-electron chi connectivity index (χ1n) is 10.2. The van der Waals surface area contributed by atoms with Crippen molar-refractivity contribution < 1.29 is 13.9 Å². The first-order valence-corrected chi connectivity index (χ1v) is 10.2. The molecule has 158 valence electrons. The average molecular weight is 414 g/mol. The Labute approximate surface area is 172 Å². The summed E-state index contributed by atoms with van der Waals surface area (Å²) in [6, 6.07) is 2.62. The van der Waals surface area contributed by atoms with Crippen molar-refractivity contribution in [3.05, 3.63) is 30.6 Å². The maximum atomic E-state index is 13.0. The number of ether oxygens (including phenoxy) is 2. The normalized spacial score (nSPS) is 22.2. The molecule has 0 spiro atoms. The van der Waals surface area contributed by atoms with Crippen LogP contribution in [0.1, 0.15) is 25.7 Å². The van der Waals surface area contributed by atoms with Crippen molar-refractivity contribution in [3.63, 3.8) is 0 Å². The van der Waals surface area contributed by atoms with Crippen LogP contribution in [0.15, 0.2) is 24.8 Å². The Hall–Kier alpha value is -3.08. The van der Waals surface area contributed by atoms with E-state index >= 15 is 0 Å². The van der Waals surface area contributed by atoms with Gasteiger partial charge >= 0.3 is 6.01 Å². The Morgan fingerprint density at radius 2 is 1.83 bits per heavy atom. The van der Waals surface area contributed by atoms with Crippen molar-refractivity contribution in [2.24, 2.45) is 0 Å². The monoisotopic (exact) mass is 414 g/mol. The van der Waals surface area contributed by atoms with E-state index in [0.717, 1.165) is 44.6 Å². The molecule has 0 unspecified atom stereocenters. The summed E-state index contributed by atoms with van der Waals surface area (Å²) in [5.74, 6) is 0.839. The van der Waals surface area contributed by atoms with Gasteiger partial charge in [-0.1, -0.05) is 0 Å². The summed E-state index contributed by atoms with van der Waals surface area (Å²) in [6.45, 7) is 2.95. The Bertz CT molecular complexity index is 984. The van der Waals surface area contributed by atoms with Gasteiger partial charge < -0.3 is 19.7 Å². The summed E-state index contributed by atoms with van der Waals surface area (Å²) >= 11 is 0. The van der Waals surface area contributed by atoms with Gasteiger partial charge in [-0.3, -0.25) is 0 Å². The molecule has 3 aromatic heterocycles. The van der Waals surface area contributed by atoms with Crippen molar-refractivity contribution in [1.29, 1.82) is 0 Å². The number of nitrogens with zero attached hydrogens (tertiary/aromatic N) is 7. The van der Waals surface area contributed by atoms with Crippen molar-refractivity contribution in [2.75, 3.05) is 36.5 Å². The molecule has 30 heavy (non-hydrogen) atoms. The third-order valence-corrected chi connectivity index (χ3v) is 5.46. The molecule has 0 bridgehead atoms. The quantitative estimate of drug-likeness (QED) is 0.668. The molecule has 2 aliphatic rings. The van der Waals surface area contributed by atoms with Gasteiger partial charge in [-0.15, -0.1) is 0 Å². The highest BCUT2D eigenvalue weighted by atomic mass is 19.1. The molecule has 0 aromatic carbocycles. The van der Waals surface area contributed by atoms with E-state index < -0.39 is 5.82 Å². The smallest absolute Gasteiger partial charge is 0.321 e. The van der Waals surface area contributed by atoms with Crippen LogP contribution in [0.4, 0.5) is 16.2 Å². The number of morpholine rings is 1. The van der Waals surface area contributed by atoms with Gasteiger partial charge in [0.25, 0.3) is 0 Å². The van der Waals surface area contributed by atoms with Crippen molar-refractivity contribution >= 4 is 17.4 Å². The Morgan fingerprint density at radius 3 is 2.60 bits per heavy atom. The first kappa shape index (κ1) is 18.9. The van der Waals surface area contributed by atoms with Crippen LogP contribution >= 0.6 is 0 Å². The molecule has 0 atom stereocenters. The predicted molar refractivity (Wildman–Crippen MR) is 106 cm³/mol. The van der Waals surface area contributed by atoms with E-state index in [0.29, 0.717) is 30.8 Å². The lowest BCUT2D eigenvalue weighted by Crippen LogP contribution is -2.37. The van der Waals surface area contributed by atoms with Gasteiger partial charge in [0, 0.05) is 25.2 Å². The zero-order chi connectivity index (χ0) is 20.3. The number of hydrogen-bond acceptors (Lipinski definition) is 9. The Balaban J connectivity index is 1.24. The van der Waals surface area contributed by atoms with Gasteiger partial charge in [-0.05, 0) is 25.7 Å². The van der Waals surface area contributed by atoms with Gasteiger partial charge in [0.2, 0.25) is 5.95 Å². The minimum absolute atomic E-state index is 0.0389. The highest BCUT2D eigenvalue weighted by Gasteiger charge is 2.25. The minimum atomic E-state index is -0.441. The lowest BCUT2D eigenvalue weighted by molar-refractivity contribution is 0.121. The lowest BCUT2D eigenvalue weighted by atomic mass is 9.93. The van der Waals surface area contributed by atoms with E-state index in [9.17, 15) is 4.39 Å². The van der Waals surface area contributed by atoms with Crippen LogP contribution in [0.2, 0.25) is 0 Å². The minimum Gasteiger partial charge on any atom is -0.460 e. The molecule has 3 aromatic rings. The van der Waals surface area contributed by atoms with Crippen molar-refractivity contribution in [2.45, 2.75) is 37.8 Å². The SMILES string of the molecule is Fc1cnc(NC2CCC(Oc3nc(N4CCOCC4)cc4ncnn34)CC2)nc1. The summed E-state index contributed by atoms with van der Waals surface area (Å²) in [7, 11) is 0. The molecule has 4 heterocycles. The van der Waals surface area contributed by atoms with Crippen LogP contribution in [0.25, 0.3) is 5.65 Å². The summed E-state index contributed by atoms with van der Waals surface area (Å²) in [4.78, 5) is 19.2. The molecular weight excluding hydrogens is 391 g/mol. The van der Waals surface area contributed by atoms with Crippen LogP contribution in [-0.2, 0) is 4.74 Å². The summed E-state index contributed by atoms with van der Waals surface area (Å²) in [5.41, 5.74) is 0.713. The Morgan fingerprint density at radius 1 is 1.07 bits per heavy atom. The first-order chi connectivity index (χ1) is 14.7. The maximum absolute atomic E-state index is 13.0. The zero-order valence-corrected chi connectivity index (χ0v) is 16.4. The second kappa shape index (κ2) is 8.34. The van der Waals surface area contributed by atoms with Gasteiger partial charge in [0.05, 0.1) is 25.6 Å². The predicted octanol–water partition coefficient (Wildman–Crippen LogP) is 1.69. The molecule has 1 saturated carbocycles. The Kier molecular flexibility index (Phi) is 5.26. The number of nitrogens with one attached hydrogen (secondary N) is 1. The number of aromatic nitrogens is 6. The fraction of sp³-hybridized carbons (Fsp3) is 0.526. The highest BCUT2D eigenvalue weighted by Crippen LogP contribution is 2.26. The van der Waals surface area contributed by atoms with Crippen LogP contribution in [0, 0.1) is 5.82 Å². The molecule has 2 fully saturated rings. The molecule has 10 nitrogen and oxygen atoms in total. The summed E-state index contributed by atoms with van der Waals surface area (Å²) < 4.78 is 26.3. The van der Waals surface area contributed by atoms with E-state index in [-0.39, 0.29) is 12.1 Å². The molecule has 0 radical (unpaired) electrons. The van der Waals surface area contributed by atoms with E-state index in [1.54, 1.807) is 4.52 Å². The van der Waals surface area contributed by atoms with Gasteiger partial charge in [0.1, 0.15) is 18.2 Å². The van der Waals surface area contributed by atoms with E-state index in [2.05, 4.69) is 30.3 Å². The van der Waals surface area contributed by atoms with E-state index in [4.69, 9.17) is 14.5 Å². The van der Waals surface area contributed by atoms with Gasteiger partial charge in [-0.25, -0.2) is 19.3 Å². The number of rotatable bonds is 5. The molecule has 5 rings (SSSR count). The number of fused-ring (bicyclic) bond motifs is 1. The van der Waals surface area contributed by atoms with Crippen LogP contribution in [-0.4, -0.2) is 68.0 Å². The van der Waals surface area contributed by atoms with E-state index in [1.807, 2.05) is 6.07 Å². The molecule has 1 aliphatic carbocycles. The molecule has 1 saturated heterocycles. The third-order valence-electron chi connectivity index (χ3n) is 5.46. The summed E-state index contributed by atoms with van der Waals surface area (Å²) in [5, 5.41) is 7.53. The van der Waals surface area contributed by atoms with Gasteiger partial charge in [-0.2, -0.15) is 14.6 Å². The highest BCUT2D eigenvalue weighted by molar-refractivity contribution is 5.52. The number of halogens is 1. The van der Waals surface area contributed by atoms with Crippen LogP contribution < -0.4 is 15.0 Å². The topological polar surface area (TPSA) is 103 Å². The second-order valence-corrected chi connectivity index (χ2v) is 7.49. The lowest BCUT2D eigenvalue weighted by Gasteiger charge is -2.30. The van der Waals surface area contributed by atoms with E-state index in [1.165, 1.54) is 18.7 Å². The molecular formula is C19H23FN8O2. The van der Waals surface area contributed by atoms with Crippen LogP contribution in [0.3, 0.4) is 0 Å². The van der Waals surface area contributed by atoms with Crippen molar-refractivity contribution in [3.8, 4) is 6.01 Å². The molecule has 0 amide bonds. The standard InChI is InChI=1S/C19H23FN8O2/c20-13-10-21-18(22-11-13)25-14-1-3-15(4-2-14)30-19-26-17(27-5-7-29-8-6-27)9-16-23-12-24-28(16)19/h9-12,14-15H,1-8H2,(H,21,22,25). The van der Waals surface area contributed by atoms with Gasteiger partial charge in [0.15, 0.2) is 11.5 Å². The largest absolute Gasteiger partial charge is 0.460 e. The number of hydrogen-bond donors (Lipinski definition) is 1. The van der Waals surface area contributed by atoms with Crippen molar-refractivity contribution in [1.82, 2.24) is 29.5 Å².